The summed E-state index contributed by atoms with van der Waals surface area (Å²) in [4.78, 5) is 28.0. The highest BCUT2D eigenvalue weighted by Gasteiger charge is 2.10. The summed E-state index contributed by atoms with van der Waals surface area (Å²) in [6.45, 7) is 1.07. The Morgan fingerprint density at radius 1 is 1.33 bits per heavy atom. The Hall–Kier alpha value is -2.05. The molecule has 7 nitrogen and oxygen atoms in total. The van der Waals surface area contributed by atoms with Crippen molar-refractivity contribution in [2.45, 2.75) is 38.6 Å². The van der Waals surface area contributed by atoms with E-state index in [0.717, 1.165) is 25.1 Å². The molecule has 2 N–H and O–H groups in total. The third-order valence-corrected chi connectivity index (χ3v) is 3.24. The topological polar surface area (TPSA) is 87.5 Å². The lowest BCUT2D eigenvalue weighted by atomic mass is 10.1. The van der Waals surface area contributed by atoms with Gasteiger partial charge in [0, 0.05) is 39.5 Å². The van der Waals surface area contributed by atoms with Crippen LogP contribution in [0.3, 0.4) is 0 Å². The Morgan fingerprint density at radius 3 is 2.67 bits per heavy atom. The quantitative estimate of drug-likeness (QED) is 0.677. The summed E-state index contributed by atoms with van der Waals surface area (Å²) in [6.07, 6.45) is 7.14. The molecule has 0 saturated carbocycles. The molecule has 0 spiro atoms. The second kappa shape index (κ2) is 8.99. The number of unbranched alkanes of at least 4 members (excludes halogenated alkanes) is 3. The number of rotatable bonds is 9. The van der Waals surface area contributed by atoms with E-state index >= 15 is 0 Å². The van der Waals surface area contributed by atoms with E-state index in [0.29, 0.717) is 19.5 Å². The lowest BCUT2D eigenvalue weighted by Gasteiger charge is -2.17. The van der Waals surface area contributed by atoms with E-state index in [9.17, 15) is 9.59 Å². The summed E-state index contributed by atoms with van der Waals surface area (Å²) in [5.74, 6) is 0.0838. The minimum atomic E-state index is -0.751. The number of carbonyl (C=O) groups excluding carboxylic acids is 1. The molecule has 0 atom stereocenters. The summed E-state index contributed by atoms with van der Waals surface area (Å²) in [7, 11) is 3.63. The van der Waals surface area contributed by atoms with Crippen molar-refractivity contribution < 1.29 is 14.7 Å². The Kier molecular flexibility index (Phi) is 7.28. The monoisotopic (exact) mass is 296 g/mol. The van der Waals surface area contributed by atoms with Crippen molar-refractivity contribution in [2.75, 3.05) is 13.6 Å². The van der Waals surface area contributed by atoms with Crippen molar-refractivity contribution in [3.63, 3.8) is 0 Å². The van der Waals surface area contributed by atoms with Gasteiger partial charge in [-0.05, 0) is 12.8 Å². The average molecular weight is 296 g/mol. The van der Waals surface area contributed by atoms with E-state index < -0.39 is 5.97 Å². The van der Waals surface area contributed by atoms with Crippen LogP contribution in [-0.4, -0.2) is 45.2 Å². The number of urea groups is 1. The number of aryl methyl sites for hydroxylation is 1. The van der Waals surface area contributed by atoms with Crippen LogP contribution in [0.4, 0.5) is 4.79 Å². The Morgan fingerprint density at radius 2 is 2.05 bits per heavy atom. The summed E-state index contributed by atoms with van der Waals surface area (Å²) in [5.41, 5.74) is 0. The summed E-state index contributed by atoms with van der Waals surface area (Å²) < 4.78 is 1.88. The molecule has 0 bridgehead atoms. The van der Waals surface area contributed by atoms with Crippen LogP contribution < -0.4 is 5.32 Å². The number of nitrogens with one attached hydrogen (secondary N) is 1. The fourth-order valence-corrected chi connectivity index (χ4v) is 1.92. The summed E-state index contributed by atoms with van der Waals surface area (Å²) >= 11 is 0. The van der Waals surface area contributed by atoms with Crippen molar-refractivity contribution >= 4 is 12.0 Å². The van der Waals surface area contributed by atoms with E-state index in [1.54, 1.807) is 18.1 Å². The van der Waals surface area contributed by atoms with Gasteiger partial charge in [-0.1, -0.05) is 12.8 Å². The fraction of sp³-hybridized carbons (Fsp3) is 0.643. The van der Waals surface area contributed by atoms with E-state index in [1.165, 1.54) is 0 Å². The number of carbonyl (C=O) groups is 2. The van der Waals surface area contributed by atoms with Crippen LogP contribution in [0.15, 0.2) is 12.4 Å². The van der Waals surface area contributed by atoms with Gasteiger partial charge in [-0.3, -0.25) is 4.79 Å². The van der Waals surface area contributed by atoms with Crippen molar-refractivity contribution in [2.24, 2.45) is 7.05 Å². The molecule has 118 valence electrons. The molecule has 1 aromatic rings. The maximum atomic E-state index is 11.9. The number of hydrogen-bond donors (Lipinski definition) is 2. The minimum absolute atomic E-state index is 0.122. The number of aromatic nitrogens is 2. The Bertz CT molecular complexity index is 459. The molecule has 0 aliphatic carbocycles. The molecule has 0 saturated heterocycles. The van der Waals surface area contributed by atoms with Crippen LogP contribution in [0.1, 0.15) is 37.9 Å². The fourth-order valence-electron chi connectivity index (χ4n) is 1.92. The van der Waals surface area contributed by atoms with Gasteiger partial charge < -0.3 is 19.9 Å². The first-order valence-electron chi connectivity index (χ1n) is 7.17. The zero-order valence-corrected chi connectivity index (χ0v) is 12.7. The average Bonchev–Trinajstić information content (AvgIpc) is 2.82. The van der Waals surface area contributed by atoms with Gasteiger partial charge >= 0.3 is 12.0 Å². The van der Waals surface area contributed by atoms with Crippen molar-refractivity contribution in [1.82, 2.24) is 19.8 Å². The second-order valence-electron chi connectivity index (χ2n) is 5.10. The third-order valence-electron chi connectivity index (χ3n) is 3.24. The zero-order chi connectivity index (χ0) is 15.7. The highest BCUT2D eigenvalue weighted by Crippen LogP contribution is 2.03. The van der Waals surface area contributed by atoms with Crippen molar-refractivity contribution in [1.29, 1.82) is 0 Å². The molecule has 0 unspecified atom stereocenters. The van der Waals surface area contributed by atoms with Gasteiger partial charge in [0.05, 0.1) is 6.54 Å². The molecule has 0 aliphatic rings. The number of carboxylic acids is 1. The van der Waals surface area contributed by atoms with Crippen molar-refractivity contribution in [3.8, 4) is 0 Å². The predicted octanol–water partition coefficient (Wildman–Crippen LogP) is 1.60. The molecule has 1 rings (SSSR count). The molecule has 0 fully saturated rings. The lowest BCUT2D eigenvalue weighted by molar-refractivity contribution is -0.137. The van der Waals surface area contributed by atoms with Crippen LogP contribution >= 0.6 is 0 Å². The molecular weight excluding hydrogens is 272 g/mol. The minimum Gasteiger partial charge on any atom is -0.481 e. The standard InChI is InChI=1S/C14H24N4O3/c1-17-10-9-15-12(17)11-18(2)14(21)16-8-6-4-3-5-7-13(19)20/h9-10H,3-8,11H2,1-2H3,(H,16,21)(H,19,20). The van der Waals surface area contributed by atoms with Gasteiger partial charge in [0.2, 0.25) is 0 Å². The van der Waals surface area contributed by atoms with Crippen LogP contribution in [0.5, 0.6) is 0 Å². The van der Waals surface area contributed by atoms with Gasteiger partial charge in [0.15, 0.2) is 0 Å². The molecule has 1 aromatic heterocycles. The molecule has 1 heterocycles. The first kappa shape index (κ1) is 17.0. The molecule has 21 heavy (non-hydrogen) atoms. The normalized spacial score (nSPS) is 10.4. The van der Waals surface area contributed by atoms with Gasteiger partial charge in [0.25, 0.3) is 0 Å². The number of imidazole rings is 1. The molecule has 0 radical (unpaired) electrons. The van der Waals surface area contributed by atoms with Gasteiger partial charge in [-0.25, -0.2) is 9.78 Å². The van der Waals surface area contributed by atoms with Gasteiger partial charge in [0.1, 0.15) is 5.82 Å². The third kappa shape index (κ3) is 6.78. The van der Waals surface area contributed by atoms with Crippen LogP contribution in [0.2, 0.25) is 0 Å². The Balaban J connectivity index is 2.10. The predicted molar refractivity (Wildman–Crippen MR) is 78.8 cm³/mol. The number of nitrogens with zero attached hydrogens (tertiary/aromatic N) is 3. The SMILES string of the molecule is CN(Cc1nccn1C)C(=O)NCCCCCCC(=O)O. The van der Waals surface area contributed by atoms with Gasteiger partial charge in [-0.15, -0.1) is 0 Å². The second-order valence-corrected chi connectivity index (χ2v) is 5.10. The van der Waals surface area contributed by atoms with Crippen LogP contribution in [0, 0.1) is 0 Å². The first-order valence-corrected chi connectivity index (χ1v) is 7.17. The maximum Gasteiger partial charge on any atom is 0.317 e. The highest BCUT2D eigenvalue weighted by molar-refractivity contribution is 5.73. The maximum absolute atomic E-state index is 11.9. The first-order chi connectivity index (χ1) is 10.0. The Labute approximate surface area is 125 Å². The summed E-state index contributed by atoms with van der Waals surface area (Å²) in [5, 5.41) is 11.4. The molecule has 0 aliphatic heterocycles. The molecule has 7 heteroatoms. The smallest absolute Gasteiger partial charge is 0.317 e. The number of amides is 2. The largest absolute Gasteiger partial charge is 0.481 e. The zero-order valence-electron chi connectivity index (χ0n) is 12.7. The lowest BCUT2D eigenvalue weighted by Crippen LogP contribution is -2.37. The number of carboxylic acid groups (broad SMARTS) is 1. The van der Waals surface area contributed by atoms with Gasteiger partial charge in [-0.2, -0.15) is 0 Å². The number of aliphatic carboxylic acids is 1. The summed E-state index contributed by atoms with van der Waals surface area (Å²) in [6, 6.07) is -0.122. The highest BCUT2D eigenvalue weighted by atomic mass is 16.4. The number of hydrogen-bond acceptors (Lipinski definition) is 3. The van der Waals surface area contributed by atoms with E-state index in [-0.39, 0.29) is 12.5 Å². The molecular formula is C14H24N4O3. The molecule has 0 aromatic carbocycles. The molecule has 2 amide bonds. The van der Waals surface area contributed by atoms with E-state index in [4.69, 9.17) is 5.11 Å². The van der Waals surface area contributed by atoms with Crippen molar-refractivity contribution in [3.05, 3.63) is 18.2 Å². The van der Waals surface area contributed by atoms with Crippen LogP contribution in [0.25, 0.3) is 0 Å². The van der Waals surface area contributed by atoms with Crippen LogP contribution in [-0.2, 0) is 18.4 Å². The van der Waals surface area contributed by atoms with E-state index in [1.807, 2.05) is 17.8 Å². The van der Waals surface area contributed by atoms with E-state index in [2.05, 4.69) is 10.3 Å².